The Morgan fingerprint density at radius 1 is 1.33 bits per heavy atom. The SMILES string of the molecule is CNC(=O)OCCCCCCCl. The van der Waals surface area contributed by atoms with Crippen LogP contribution in [0.15, 0.2) is 0 Å². The van der Waals surface area contributed by atoms with Crippen LogP contribution in [-0.4, -0.2) is 25.6 Å². The van der Waals surface area contributed by atoms with Crippen molar-refractivity contribution in [3.8, 4) is 0 Å². The molecular weight excluding hydrogens is 178 g/mol. The third kappa shape index (κ3) is 7.66. The number of carbonyl (C=O) groups excluding carboxylic acids is 1. The Morgan fingerprint density at radius 2 is 2.00 bits per heavy atom. The summed E-state index contributed by atoms with van der Waals surface area (Å²) in [5.74, 6) is 0.719. The second-order valence-electron chi connectivity index (χ2n) is 2.49. The van der Waals surface area contributed by atoms with Crippen molar-refractivity contribution >= 4 is 17.7 Å². The van der Waals surface area contributed by atoms with Crippen molar-refractivity contribution in [3.05, 3.63) is 0 Å². The summed E-state index contributed by atoms with van der Waals surface area (Å²) in [6, 6.07) is 0. The Morgan fingerprint density at radius 3 is 2.58 bits per heavy atom. The van der Waals surface area contributed by atoms with E-state index in [-0.39, 0.29) is 6.09 Å². The van der Waals surface area contributed by atoms with E-state index < -0.39 is 0 Å². The summed E-state index contributed by atoms with van der Waals surface area (Å²) in [7, 11) is 1.55. The predicted octanol–water partition coefficient (Wildman–Crippen LogP) is 2.14. The molecule has 0 unspecified atom stereocenters. The van der Waals surface area contributed by atoms with Crippen LogP contribution in [0.3, 0.4) is 0 Å². The van der Waals surface area contributed by atoms with Crippen LogP contribution >= 0.6 is 11.6 Å². The topological polar surface area (TPSA) is 38.3 Å². The van der Waals surface area contributed by atoms with Gasteiger partial charge < -0.3 is 10.1 Å². The molecule has 4 heteroatoms. The number of carbonyl (C=O) groups is 1. The van der Waals surface area contributed by atoms with Gasteiger partial charge in [-0.3, -0.25) is 0 Å². The molecule has 0 saturated carbocycles. The lowest BCUT2D eigenvalue weighted by Gasteiger charge is -2.02. The fraction of sp³-hybridized carbons (Fsp3) is 0.875. The average Bonchev–Trinajstić information content (AvgIpc) is 2.10. The molecule has 1 amide bonds. The van der Waals surface area contributed by atoms with Gasteiger partial charge in [0.15, 0.2) is 0 Å². The molecule has 0 atom stereocenters. The van der Waals surface area contributed by atoms with Crippen LogP contribution in [0.1, 0.15) is 25.7 Å². The zero-order valence-corrected chi connectivity index (χ0v) is 8.19. The van der Waals surface area contributed by atoms with E-state index >= 15 is 0 Å². The average molecular weight is 194 g/mol. The van der Waals surface area contributed by atoms with Gasteiger partial charge in [0.2, 0.25) is 0 Å². The highest BCUT2D eigenvalue weighted by atomic mass is 35.5. The third-order valence-electron chi connectivity index (χ3n) is 1.47. The minimum absolute atomic E-state index is 0.354. The third-order valence-corrected chi connectivity index (χ3v) is 1.73. The molecule has 0 fully saturated rings. The number of unbranched alkanes of at least 4 members (excludes halogenated alkanes) is 3. The summed E-state index contributed by atoms with van der Waals surface area (Å²) in [5.41, 5.74) is 0. The number of halogens is 1. The molecular formula is C8H16ClNO2. The molecule has 72 valence electrons. The summed E-state index contributed by atoms with van der Waals surface area (Å²) in [4.78, 5) is 10.5. The van der Waals surface area contributed by atoms with E-state index in [1.54, 1.807) is 7.05 Å². The van der Waals surface area contributed by atoms with E-state index in [0.717, 1.165) is 31.6 Å². The van der Waals surface area contributed by atoms with Crippen molar-refractivity contribution in [2.75, 3.05) is 19.5 Å². The van der Waals surface area contributed by atoms with Crippen LogP contribution in [0.25, 0.3) is 0 Å². The summed E-state index contributed by atoms with van der Waals surface area (Å²) in [5, 5.41) is 2.38. The molecule has 0 radical (unpaired) electrons. The lowest BCUT2D eigenvalue weighted by Crippen LogP contribution is -2.19. The van der Waals surface area contributed by atoms with E-state index in [2.05, 4.69) is 5.32 Å². The zero-order valence-electron chi connectivity index (χ0n) is 7.44. The zero-order chi connectivity index (χ0) is 9.23. The van der Waals surface area contributed by atoms with E-state index in [0.29, 0.717) is 6.61 Å². The van der Waals surface area contributed by atoms with Crippen LogP contribution in [0, 0.1) is 0 Å². The van der Waals surface area contributed by atoms with Crippen molar-refractivity contribution in [1.82, 2.24) is 5.32 Å². The van der Waals surface area contributed by atoms with Gasteiger partial charge in [-0.1, -0.05) is 12.8 Å². The molecule has 0 bridgehead atoms. The first kappa shape index (κ1) is 11.6. The Hall–Kier alpha value is -0.440. The van der Waals surface area contributed by atoms with E-state index in [1.807, 2.05) is 0 Å². The molecule has 0 saturated heterocycles. The van der Waals surface area contributed by atoms with Gasteiger partial charge in [0.05, 0.1) is 6.61 Å². The van der Waals surface area contributed by atoms with Crippen molar-refractivity contribution in [1.29, 1.82) is 0 Å². The standard InChI is InChI=1S/C8H16ClNO2/c1-10-8(11)12-7-5-3-2-4-6-9/h2-7H2,1H3,(H,10,11). The smallest absolute Gasteiger partial charge is 0.406 e. The number of alkyl carbamates (subject to hydrolysis) is 1. The molecule has 0 spiro atoms. The number of ether oxygens (including phenoxy) is 1. The minimum atomic E-state index is -0.354. The number of hydrogen-bond acceptors (Lipinski definition) is 2. The summed E-state index contributed by atoms with van der Waals surface area (Å²) in [6.45, 7) is 0.502. The van der Waals surface area contributed by atoms with Crippen molar-refractivity contribution < 1.29 is 9.53 Å². The lowest BCUT2D eigenvalue weighted by atomic mass is 10.2. The molecule has 0 aromatic carbocycles. The van der Waals surface area contributed by atoms with Gasteiger partial charge in [0.25, 0.3) is 0 Å². The maximum atomic E-state index is 10.5. The van der Waals surface area contributed by atoms with Gasteiger partial charge in [0.1, 0.15) is 0 Å². The number of rotatable bonds is 6. The molecule has 0 aromatic rings. The summed E-state index contributed by atoms with van der Waals surface area (Å²) < 4.78 is 4.79. The first-order valence-corrected chi connectivity index (χ1v) is 4.75. The number of alkyl halides is 1. The summed E-state index contributed by atoms with van der Waals surface area (Å²) >= 11 is 5.49. The van der Waals surface area contributed by atoms with Gasteiger partial charge in [-0.05, 0) is 12.8 Å². The Labute approximate surface area is 78.4 Å². The molecule has 1 N–H and O–H groups in total. The Kier molecular flexibility index (Phi) is 8.34. The highest BCUT2D eigenvalue weighted by molar-refractivity contribution is 6.17. The molecule has 3 nitrogen and oxygen atoms in total. The van der Waals surface area contributed by atoms with Crippen LogP contribution < -0.4 is 5.32 Å². The second kappa shape index (κ2) is 8.65. The van der Waals surface area contributed by atoms with Crippen molar-refractivity contribution in [2.45, 2.75) is 25.7 Å². The fourth-order valence-corrected chi connectivity index (χ4v) is 0.976. The monoisotopic (exact) mass is 193 g/mol. The van der Waals surface area contributed by atoms with E-state index in [4.69, 9.17) is 16.3 Å². The first-order chi connectivity index (χ1) is 5.81. The van der Waals surface area contributed by atoms with Gasteiger partial charge in [-0.25, -0.2) is 4.79 Å². The molecule has 12 heavy (non-hydrogen) atoms. The second-order valence-corrected chi connectivity index (χ2v) is 2.87. The van der Waals surface area contributed by atoms with E-state index in [1.165, 1.54) is 0 Å². The summed E-state index contributed by atoms with van der Waals surface area (Å²) in [6.07, 6.45) is 3.79. The Balaban J connectivity index is 2.95. The first-order valence-electron chi connectivity index (χ1n) is 4.21. The lowest BCUT2D eigenvalue weighted by molar-refractivity contribution is 0.146. The highest BCUT2D eigenvalue weighted by Crippen LogP contribution is 2.00. The van der Waals surface area contributed by atoms with Crippen molar-refractivity contribution in [2.24, 2.45) is 0 Å². The maximum absolute atomic E-state index is 10.5. The molecule has 0 aliphatic rings. The number of nitrogens with one attached hydrogen (secondary N) is 1. The van der Waals surface area contributed by atoms with E-state index in [9.17, 15) is 4.79 Å². The normalized spacial score (nSPS) is 9.50. The molecule has 0 rings (SSSR count). The predicted molar refractivity (Wildman–Crippen MR) is 49.6 cm³/mol. The Bertz CT molecular complexity index is 120. The van der Waals surface area contributed by atoms with Gasteiger partial charge in [-0.15, -0.1) is 11.6 Å². The minimum Gasteiger partial charge on any atom is -0.450 e. The maximum Gasteiger partial charge on any atom is 0.406 e. The molecule has 0 aromatic heterocycles. The largest absolute Gasteiger partial charge is 0.450 e. The van der Waals surface area contributed by atoms with Crippen LogP contribution in [0.5, 0.6) is 0 Å². The number of hydrogen-bond donors (Lipinski definition) is 1. The fourth-order valence-electron chi connectivity index (χ4n) is 0.787. The quantitative estimate of drug-likeness (QED) is 0.519. The van der Waals surface area contributed by atoms with Crippen LogP contribution in [0.4, 0.5) is 4.79 Å². The van der Waals surface area contributed by atoms with Gasteiger partial charge in [0, 0.05) is 12.9 Å². The van der Waals surface area contributed by atoms with Crippen LogP contribution in [-0.2, 0) is 4.74 Å². The van der Waals surface area contributed by atoms with Crippen molar-refractivity contribution in [3.63, 3.8) is 0 Å². The highest BCUT2D eigenvalue weighted by Gasteiger charge is 1.95. The van der Waals surface area contributed by atoms with Gasteiger partial charge in [-0.2, -0.15) is 0 Å². The van der Waals surface area contributed by atoms with Gasteiger partial charge >= 0.3 is 6.09 Å². The molecule has 0 aliphatic carbocycles. The van der Waals surface area contributed by atoms with Crippen LogP contribution in [0.2, 0.25) is 0 Å². The molecule has 0 aliphatic heterocycles. The number of amides is 1. The molecule has 0 heterocycles.